The van der Waals surface area contributed by atoms with Gasteiger partial charge in [-0.15, -0.1) is 0 Å². The minimum Gasteiger partial charge on any atom is -0.394 e. The minimum absolute atomic E-state index is 0.131. The zero-order chi connectivity index (χ0) is 12.5. The Hall–Kier alpha value is -1.07. The van der Waals surface area contributed by atoms with Crippen molar-refractivity contribution >= 4 is 17.3 Å². The highest BCUT2D eigenvalue weighted by atomic mass is 35.5. The van der Waals surface area contributed by atoms with Crippen LogP contribution in [0.3, 0.4) is 0 Å². The highest BCUT2D eigenvalue weighted by Crippen LogP contribution is 2.44. The van der Waals surface area contributed by atoms with Crippen LogP contribution in [0.4, 0.5) is 5.69 Å². The smallest absolute Gasteiger partial charge is 0.287 e. The van der Waals surface area contributed by atoms with Gasteiger partial charge in [-0.3, -0.25) is 4.79 Å². The first-order chi connectivity index (χ1) is 8.06. The van der Waals surface area contributed by atoms with Crippen LogP contribution in [-0.2, 0) is 6.54 Å². The lowest BCUT2D eigenvalue weighted by Gasteiger charge is -2.12. The molecule has 2 rings (SSSR count). The van der Waals surface area contributed by atoms with E-state index in [4.69, 9.17) is 16.7 Å². The Bertz CT molecular complexity index is 468. The summed E-state index contributed by atoms with van der Waals surface area (Å²) in [7, 11) is 0. The van der Waals surface area contributed by atoms with Gasteiger partial charge in [0.15, 0.2) is 0 Å². The average molecular weight is 258 g/mol. The van der Waals surface area contributed by atoms with Crippen LogP contribution in [0.25, 0.3) is 0 Å². The molecule has 1 heterocycles. The Balaban J connectivity index is 2.12. The van der Waals surface area contributed by atoms with Gasteiger partial charge in [0.1, 0.15) is 5.02 Å². The van der Waals surface area contributed by atoms with Gasteiger partial charge in [-0.1, -0.05) is 18.5 Å². The first kappa shape index (κ1) is 12.4. The van der Waals surface area contributed by atoms with Gasteiger partial charge in [-0.2, -0.15) is 5.10 Å². The Morgan fingerprint density at radius 3 is 2.94 bits per heavy atom. The Labute approximate surface area is 104 Å². The molecule has 1 aromatic rings. The molecule has 1 aromatic heterocycles. The van der Waals surface area contributed by atoms with Gasteiger partial charge in [-0.25, -0.2) is 4.68 Å². The van der Waals surface area contributed by atoms with Crippen molar-refractivity contribution < 1.29 is 5.11 Å². The van der Waals surface area contributed by atoms with Gasteiger partial charge in [0.2, 0.25) is 0 Å². The predicted molar refractivity (Wildman–Crippen MR) is 66.4 cm³/mol. The summed E-state index contributed by atoms with van der Waals surface area (Å²) < 4.78 is 1.16. The van der Waals surface area contributed by atoms with Crippen molar-refractivity contribution in [3.05, 3.63) is 21.6 Å². The normalized spacial score (nSPS) is 16.9. The number of aliphatic hydroxyl groups excluding tert-OH is 1. The van der Waals surface area contributed by atoms with E-state index in [2.05, 4.69) is 17.3 Å². The molecule has 0 radical (unpaired) electrons. The van der Waals surface area contributed by atoms with Gasteiger partial charge in [0, 0.05) is 6.54 Å². The average Bonchev–Trinajstić information content (AvgIpc) is 3.03. The summed E-state index contributed by atoms with van der Waals surface area (Å²) in [6.45, 7) is 3.02. The quantitative estimate of drug-likeness (QED) is 0.829. The first-order valence-electron chi connectivity index (χ1n) is 5.66. The third kappa shape index (κ3) is 2.79. The van der Waals surface area contributed by atoms with Gasteiger partial charge in [-0.05, 0) is 18.3 Å². The zero-order valence-electron chi connectivity index (χ0n) is 9.74. The standard InChI is InChI=1S/C11H16ClN3O2/c1-11(2-3-11)7-13-8-6-14-15(4-5-16)10(17)9(8)12/h6,13,16H,2-5,7H2,1H3. The van der Waals surface area contributed by atoms with Crippen molar-refractivity contribution in [2.75, 3.05) is 18.5 Å². The molecule has 0 spiro atoms. The second-order valence-corrected chi connectivity index (χ2v) is 5.17. The maximum atomic E-state index is 11.7. The van der Waals surface area contributed by atoms with Crippen LogP contribution >= 0.6 is 11.6 Å². The predicted octanol–water partition coefficient (Wildman–Crippen LogP) is 1.10. The van der Waals surface area contributed by atoms with Crippen LogP contribution in [0.2, 0.25) is 5.02 Å². The Kier molecular flexibility index (Phi) is 3.40. The van der Waals surface area contributed by atoms with E-state index >= 15 is 0 Å². The Morgan fingerprint density at radius 1 is 1.65 bits per heavy atom. The third-order valence-electron chi connectivity index (χ3n) is 3.11. The lowest BCUT2D eigenvalue weighted by molar-refractivity contribution is 0.266. The van der Waals surface area contributed by atoms with E-state index in [1.165, 1.54) is 19.0 Å². The summed E-state index contributed by atoms with van der Waals surface area (Å²) in [6.07, 6.45) is 3.93. The summed E-state index contributed by atoms with van der Waals surface area (Å²) in [5.41, 5.74) is 0.536. The molecule has 1 aliphatic rings. The number of halogens is 1. The molecule has 0 aliphatic heterocycles. The van der Waals surface area contributed by atoms with Crippen molar-refractivity contribution in [3.8, 4) is 0 Å². The van der Waals surface area contributed by atoms with Crippen molar-refractivity contribution in [2.45, 2.75) is 26.3 Å². The zero-order valence-corrected chi connectivity index (χ0v) is 10.5. The van der Waals surface area contributed by atoms with Crippen LogP contribution in [0.15, 0.2) is 11.0 Å². The molecule has 0 saturated heterocycles. The van der Waals surface area contributed by atoms with E-state index in [0.717, 1.165) is 11.2 Å². The summed E-state index contributed by atoms with van der Waals surface area (Å²) in [5.74, 6) is 0. The van der Waals surface area contributed by atoms with Gasteiger partial charge in [0.25, 0.3) is 5.56 Å². The molecule has 6 heteroatoms. The molecule has 1 aliphatic carbocycles. The fraction of sp³-hybridized carbons (Fsp3) is 0.636. The summed E-state index contributed by atoms with van der Waals surface area (Å²) >= 11 is 5.97. The number of rotatable bonds is 5. The molecule has 0 aromatic carbocycles. The topological polar surface area (TPSA) is 67.2 Å². The van der Waals surface area contributed by atoms with E-state index in [1.807, 2.05) is 0 Å². The minimum atomic E-state index is -0.369. The summed E-state index contributed by atoms with van der Waals surface area (Å²) in [6, 6.07) is 0. The van der Waals surface area contributed by atoms with Gasteiger partial charge >= 0.3 is 0 Å². The fourth-order valence-electron chi connectivity index (χ4n) is 1.54. The van der Waals surface area contributed by atoms with E-state index < -0.39 is 0 Å². The second-order valence-electron chi connectivity index (χ2n) is 4.79. The van der Waals surface area contributed by atoms with Crippen molar-refractivity contribution in [3.63, 3.8) is 0 Å². The molecule has 1 fully saturated rings. The van der Waals surface area contributed by atoms with Crippen LogP contribution in [0.1, 0.15) is 19.8 Å². The number of aliphatic hydroxyl groups is 1. The molecular weight excluding hydrogens is 242 g/mol. The van der Waals surface area contributed by atoms with E-state index in [0.29, 0.717) is 11.1 Å². The molecule has 0 amide bonds. The number of hydrogen-bond acceptors (Lipinski definition) is 4. The van der Waals surface area contributed by atoms with Crippen LogP contribution in [0.5, 0.6) is 0 Å². The molecule has 0 atom stereocenters. The number of aromatic nitrogens is 2. The Morgan fingerprint density at radius 2 is 2.35 bits per heavy atom. The van der Waals surface area contributed by atoms with Crippen molar-refractivity contribution in [1.29, 1.82) is 0 Å². The summed E-state index contributed by atoms with van der Waals surface area (Å²) in [4.78, 5) is 11.7. The fourth-order valence-corrected chi connectivity index (χ4v) is 1.75. The number of anilines is 1. The number of nitrogens with one attached hydrogen (secondary N) is 1. The molecule has 0 unspecified atom stereocenters. The number of nitrogens with zero attached hydrogens (tertiary/aromatic N) is 2. The highest BCUT2D eigenvalue weighted by molar-refractivity contribution is 6.32. The maximum Gasteiger partial charge on any atom is 0.287 e. The van der Waals surface area contributed by atoms with E-state index in [-0.39, 0.29) is 23.7 Å². The first-order valence-corrected chi connectivity index (χ1v) is 6.04. The SMILES string of the molecule is CC1(CNc2cnn(CCO)c(=O)c2Cl)CC1. The van der Waals surface area contributed by atoms with E-state index in [9.17, 15) is 4.79 Å². The molecule has 94 valence electrons. The van der Waals surface area contributed by atoms with Crippen LogP contribution in [0, 0.1) is 5.41 Å². The molecule has 1 saturated carbocycles. The highest BCUT2D eigenvalue weighted by Gasteiger charge is 2.36. The monoisotopic (exact) mass is 257 g/mol. The van der Waals surface area contributed by atoms with Crippen molar-refractivity contribution in [1.82, 2.24) is 9.78 Å². The van der Waals surface area contributed by atoms with Crippen molar-refractivity contribution in [2.24, 2.45) is 5.41 Å². The molecule has 17 heavy (non-hydrogen) atoms. The molecular formula is C11H16ClN3O2. The summed E-state index contributed by atoms with van der Waals surface area (Å²) in [5, 5.41) is 16.0. The molecule has 0 bridgehead atoms. The van der Waals surface area contributed by atoms with Gasteiger partial charge in [0.05, 0.1) is 25.0 Å². The number of hydrogen-bond donors (Lipinski definition) is 2. The third-order valence-corrected chi connectivity index (χ3v) is 3.47. The largest absolute Gasteiger partial charge is 0.394 e. The molecule has 5 nitrogen and oxygen atoms in total. The lowest BCUT2D eigenvalue weighted by Crippen LogP contribution is -2.26. The second kappa shape index (κ2) is 4.66. The maximum absolute atomic E-state index is 11.7. The van der Waals surface area contributed by atoms with Crippen LogP contribution in [-0.4, -0.2) is 28.0 Å². The van der Waals surface area contributed by atoms with Gasteiger partial charge < -0.3 is 10.4 Å². The lowest BCUT2D eigenvalue weighted by atomic mass is 10.1. The molecule has 2 N–H and O–H groups in total. The van der Waals surface area contributed by atoms with E-state index in [1.54, 1.807) is 0 Å². The van der Waals surface area contributed by atoms with Crippen LogP contribution < -0.4 is 10.9 Å².